The maximum absolute atomic E-state index is 11.7. The third kappa shape index (κ3) is 4.61. The van der Waals surface area contributed by atoms with E-state index in [0.717, 1.165) is 13.0 Å². The zero-order chi connectivity index (χ0) is 11.1. The third-order valence-electron chi connectivity index (χ3n) is 2.79. The maximum atomic E-state index is 11.7. The molecule has 0 fully saturated rings. The van der Waals surface area contributed by atoms with Crippen LogP contribution in [0.2, 0.25) is 0 Å². The van der Waals surface area contributed by atoms with E-state index in [2.05, 4.69) is 26.1 Å². The highest BCUT2D eigenvalue weighted by atomic mass is 16.2. The molecule has 1 N–H and O–H groups in total. The predicted octanol–water partition coefficient (Wildman–Crippen LogP) is 1.49. The Morgan fingerprint density at radius 2 is 1.93 bits per heavy atom. The van der Waals surface area contributed by atoms with Crippen molar-refractivity contribution < 1.29 is 4.79 Å². The van der Waals surface area contributed by atoms with Crippen LogP contribution in [-0.4, -0.2) is 37.5 Å². The summed E-state index contributed by atoms with van der Waals surface area (Å²) in [6.45, 7) is 7.29. The molecule has 1 amide bonds. The minimum absolute atomic E-state index is 0.251. The first-order chi connectivity index (χ1) is 6.50. The van der Waals surface area contributed by atoms with Gasteiger partial charge in [0.25, 0.3) is 0 Å². The Hall–Kier alpha value is -0.570. The molecule has 3 heteroatoms. The van der Waals surface area contributed by atoms with Crippen LogP contribution in [0, 0.1) is 5.92 Å². The SMILES string of the molecule is CNCCCC(=O)N(C)C(C)C(C)C. The quantitative estimate of drug-likeness (QED) is 0.659. The third-order valence-corrected chi connectivity index (χ3v) is 2.79. The summed E-state index contributed by atoms with van der Waals surface area (Å²) in [5.41, 5.74) is 0. The van der Waals surface area contributed by atoms with Gasteiger partial charge >= 0.3 is 0 Å². The van der Waals surface area contributed by atoms with Gasteiger partial charge in [-0.05, 0) is 32.9 Å². The number of carbonyl (C=O) groups excluding carboxylic acids is 1. The standard InChI is InChI=1S/C11H24N2O/c1-9(2)10(3)13(5)11(14)7-6-8-12-4/h9-10,12H,6-8H2,1-5H3. The van der Waals surface area contributed by atoms with E-state index in [1.54, 1.807) is 0 Å². The second-order valence-corrected chi connectivity index (χ2v) is 4.20. The molecule has 0 spiro atoms. The van der Waals surface area contributed by atoms with E-state index < -0.39 is 0 Å². The summed E-state index contributed by atoms with van der Waals surface area (Å²) >= 11 is 0. The summed E-state index contributed by atoms with van der Waals surface area (Å²) in [5, 5.41) is 3.04. The highest BCUT2D eigenvalue weighted by molar-refractivity contribution is 5.76. The Labute approximate surface area is 87.9 Å². The van der Waals surface area contributed by atoms with E-state index in [1.807, 2.05) is 19.0 Å². The van der Waals surface area contributed by atoms with Crippen molar-refractivity contribution in [3.8, 4) is 0 Å². The second kappa shape index (κ2) is 6.82. The van der Waals surface area contributed by atoms with Crippen LogP contribution in [0.4, 0.5) is 0 Å². The van der Waals surface area contributed by atoms with Gasteiger partial charge in [-0.15, -0.1) is 0 Å². The molecular formula is C11H24N2O. The van der Waals surface area contributed by atoms with Gasteiger partial charge in [-0.3, -0.25) is 4.79 Å². The van der Waals surface area contributed by atoms with Crippen molar-refractivity contribution in [2.45, 2.75) is 39.7 Å². The number of rotatable bonds is 6. The van der Waals surface area contributed by atoms with Crippen molar-refractivity contribution in [1.29, 1.82) is 0 Å². The Balaban J connectivity index is 3.86. The molecule has 0 saturated carbocycles. The molecule has 0 aromatic carbocycles. The van der Waals surface area contributed by atoms with Crippen molar-refractivity contribution in [1.82, 2.24) is 10.2 Å². The summed E-state index contributed by atoms with van der Waals surface area (Å²) in [6, 6.07) is 0.331. The highest BCUT2D eigenvalue weighted by Gasteiger charge is 2.17. The Morgan fingerprint density at radius 1 is 1.36 bits per heavy atom. The Kier molecular flexibility index (Phi) is 6.54. The van der Waals surface area contributed by atoms with Gasteiger partial charge in [0.15, 0.2) is 0 Å². The van der Waals surface area contributed by atoms with Crippen LogP contribution in [-0.2, 0) is 4.79 Å². The van der Waals surface area contributed by atoms with Crippen molar-refractivity contribution in [2.24, 2.45) is 5.92 Å². The molecule has 0 heterocycles. The fraction of sp³-hybridized carbons (Fsp3) is 0.909. The zero-order valence-electron chi connectivity index (χ0n) is 10.1. The van der Waals surface area contributed by atoms with E-state index >= 15 is 0 Å². The van der Waals surface area contributed by atoms with Crippen molar-refractivity contribution in [2.75, 3.05) is 20.6 Å². The lowest BCUT2D eigenvalue weighted by atomic mass is 10.0. The summed E-state index contributed by atoms with van der Waals surface area (Å²) in [7, 11) is 3.80. The van der Waals surface area contributed by atoms with E-state index in [4.69, 9.17) is 0 Å². The van der Waals surface area contributed by atoms with Crippen LogP contribution in [0.25, 0.3) is 0 Å². The van der Waals surface area contributed by atoms with Gasteiger partial charge in [0.05, 0.1) is 0 Å². The van der Waals surface area contributed by atoms with Gasteiger partial charge in [0, 0.05) is 19.5 Å². The lowest BCUT2D eigenvalue weighted by Crippen LogP contribution is -2.38. The smallest absolute Gasteiger partial charge is 0.222 e. The van der Waals surface area contributed by atoms with Gasteiger partial charge < -0.3 is 10.2 Å². The Morgan fingerprint density at radius 3 is 2.36 bits per heavy atom. The van der Waals surface area contributed by atoms with Crippen LogP contribution in [0.1, 0.15) is 33.6 Å². The minimum atomic E-state index is 0.251. The molecule has 0 saturated heterocycles. The molecule has 3 nitrogen and oxygen atoms in total. The number of nitrogens with zero attached hydrogens (tertiary/aromatic N) is 1. The van der Waals surface area contributed by atoms with Crippen LogP contribution in [0.3, 0.4) is 0 Å². The fourth-order valence-electron chi connectivity index (χ4n) is 1.27. The van der Waals surface area contributed by atoms with Gasteiger partial charge in [0.1, 0.15) is 0 Å². The summed E-state index contributed by atoms with van der Waals surface area (Å²) in [6.07, 6.45) is 1.57. The maximum Gasteiger partial charge on any atom is 0.222 e. The molecule has 84 valence electrons. The van der Waals surface area contributed by atoms with Crippen molar-refractivity contribution in [3.05, 3.63) is 0 Å². The molecule has 0 aliphatic carbocycles. The van der Waals surface area contributed by atoms with E-state index in [9.17, 15) is 4.79 Å². The van der Waals surface area contributed by atoms with Gasteiger partial charge in [-0.1, -0.05) is 13.8 Å². The second-order valence-electron chi connectivity index (χ2n) is 4.20. The monoisotopic (exact) mass is 200 g/mol. The zero-order valence-corrected chi connectivity index (χ0v) is 10.1. The van der Waals surface area contributed by atoms with Crippen LogP contribution in [0.5, 0.6) is 0 Å². The molecule has 0 rings (SSSR count). The van der Waals surface area contributed by atoms with Crippen LogP contribution in [0.15, 0.2) is 0 Å². The number of nitrogens with one attached hydrogen (secondary N) is 1. The van der Waals surface area contributed by atoms with Gasteiger partial charge in [0.2, 0.25) is 5.91 Å². The topological polar surface area (TPSA) is 32.3 Å². The van der Waals surface area contributed by atoms with Gasteiger partial charge in [-0.25, -0.2) is 0 Å². The number of hydrogen-bond acceptors (Lipinski definition) is 2. The molecular weight excluding hydrogens is 176 g/mol. The molecule has 1 unspecified atom stereocenters. The first-order valence-corrected chi connectivity index (χ1v) is 5.41. The molecule has 14 heavy (non-hydrogen) atoms. The lowest BCUT2D eigenvalue weighted by Gasteiger charge is -2.28. The van der Waals surface area contributed by atoms with Gasteiger partial charge in [-0.2, -0.15) is 0 Å². The lowest BCUT2D eigenvalue weighted by molar-refractivity contribution is -0.132. The molecule has 0 aromatic rings. The minimum Gasteiger partial charge on any atom is -0.343 e. The first-order valence-electron chi connectivity index (χ1n) is 5.41. The first kappa shape index (κ1) is 13.4. The largest absolute Gasteiger partial charge is 0.343 e. The van der Waals surface area contributed by atoms with Crippen molar-refractivity contribution >= 4 is 5.91 Å². The molecule has 0 radical (unpaired) electrons. The average Bonchev–Trinajstić information content (AvgIpc) is 2.15. The molecule has 0 aliphatic heterocycles. The van der Waals surface area contributed by atoms with Crippen LogP contribution < -0.4 is 5.32 Å². The molecule has 0 bridgehead atoms. The molecule has 0 aliphatic rings. The number of amides is 1. The van der Waals surface area contributed by atoms with E-state index in [-0.39, 0.29) is 5.91 Å². The van der Waals surface area contributed by atoms with Crippen molar-refractivity contribution in [3.63, 3.8) is 0 Å². The average molecular weight is 200 g/mol. The van der Waals surface area contributed by atoms with Crippen LogP contribution >= 0.6 is 0 Å². The summed E-state index contributed by atoms with van der Waals surface area (Å²) in [4.78, 5) is 13.5. The highest BCUT2D eigenvalue weighted by Crippen LogP contribution is 2.09. The molecule has 1 atom stereocenters. The number of hydrogen-bond donors (Lipinski definition) is 1. The van der Waals surface area contributed by atoms with E-state index in [1.165, 1.54) is 0 Å². The van der Waals surface area contributed by atoms with E-state index in [0.29, 0.717) is 18.4 Å². The Bertz CT molecular complexity index is 169. The summed E-state index contributed by atoms with van der Waals surface area (Å²) < 4.78 is 0. The normalized spacial score (nSPS) is 13.0. The predicted molar refractivity (Wildman–Crippen MR) is 60.2 cm³/mol. The molecule has 0 aromatic heterocycles. The number of carbonyl (C=O) groups is 1. The fourth-order valence-corrected chi connectivity index (χ4v) is 1.27. The summed E-state index contributed by atoms with van der Waals surface area (Å²) in [5.74, 6) is 0.773.